The Morgan fingerprint density at radius 1 is 1.53 bits per heavy atom. The normalized spacial score (nSPS) is 10.3. The van der Waals surface area contributed by atoms with Crippen LogP contribution in [-0.2, 0) is 13.7 Å². The summed E-state index contributed by atoms with van der Waals surface area (Å²) in [4.78, 5) is 3.87. The van der Waals surface area contributed by atoms with Crippen LogP contribution in [0.4, 0.5) is 0 Å². The van der Waals surface area contributed by atoms with Crippen molar-refractivity contribution in [2.75, 3.05) is 0 Å². The minimum absolute atomic E-state index is 0.429. The van der Waals surface area contributed by atoms with Gasteiger partial charge in [0.1, 0.15) is 17.5 Å². The van der Waals surface area contributed by atoms with Gasteiger partial charge in [-0.15, -0.1) is 0 Å². The number of pyridine rings is 1. The predicted molar refractivity (Wildman–Crippen MR) is 56.8 cm³/mol. The smallest absolute Gasteiger partial charge is 0.132 e. The molecule has 0 bridgehead atoms. The number of hydrogen-bond donors (Lipinski definition) is 0. The van der Waals surface area contributed by atoms with Crippen molar-refractivity contribution in [2.24, 2.45) is 7.05 Å². The van der Waals surface area contributed by atoms with Gasteiger partial charge in [-0.3, -0.25) is 4.68 Å². The Balaban J connectivity index is 1.99. The minimum Gasteiger partial charge on any atom is -0.489 e. The van der Waals surface area contributed by atoms with Crippen molar-refractivity contribution in [2.45, 2.75) is 6.61 Å². The summed E-state index contributed by atoms with van der Waals surface area (Å²) in [6, 6.07) is 3.44. The van der Waals surface area contributed by atoms with Crippen LogP contribution in [0.5, 0.6) is 5.75 Å². The Hall–Kier alpha value is -1.55. The number of hydrogen-bond acceptors (Lipinski definition) is 3. The zero-order valence-corrected chi connectivity index (χ0v) is 8.98. The van der Waals surface area contributed by atoms with Crippen LogP contribution < -0.4 is 4.74 Å². The topological polar surface area (TPSA) is 39.9 Å². The SMILES string of the molecule is Cn1cc(COc2ccnc(Cl)c2)cn1. The average molecular weight is 224 g/mol. The zero-order chi connectivity index (χ0) is 10.7. The van der Waals surface area contributed by atoms with Gasteiger partial charge in [0.15, 0.2) is 0 Å². The second-order valence-corrected chi connectivity index (χ2v) is 3.51. The van der Waals surface area contributed by atoms with Crippen molar-refractivity contribution in [3.05, 3.63) is 41.4 Å². The Bertz CT molecular complexity index is 455. The molecule has 5 heteroatoms. The van der Waals surface area contributed by atoms with Gasteiger partial charge >= 0.3 is 0 Å². The van der Waals surface area contributed by atoms with Gasteiger partial charge in [-0.2, -0.15) is 5.10 Å². The summed E-state index contributed by atoms with van der Waals surface area (Å²) < 4.78 is 7.24. The fourth-order valence-electron chi connectivity index (χ4n) is 1.19. The van der Waals surface area contributed by atoms with E-state index in [2.05, 4.69) is 10.1 Å². The molecule has 0 spiro atoms. The summed E-state index contributed by atoms with van der Waals surface area (Å²) in [6.07, 6.45) is 5.28. The molecule has 0 saturated carbocycles. The summed E-state index contributed by atoms with van der Waals surface area (Å²) in [6.45, 7) is 0.480. The highest BCUT2D eigenvalue weighted by molar-refractivity contribution is 6.29. The molecule has 15 heavy (non-hydrogen) atoms. The lowest BCUT2D eigenvalue weighted by molar-refractivity contribution is 0.306. The van der Waals surface area contributed by atoms with Crippen LogP contribution in [-0.4, -0.2) is 14.8 Å². The van der Waals surface area contributed by atoms with Crippen LogP contribution >= 0.6 is 11.6 Å². The van der Waals surface area contributed by atoms with Crippen LogP contribution in [0.3, 0.4) is 0 Å². The monoisotopic (exact) mass is 223 g/mol. The molecular weight excluding hydrogens is 214 g/mol. The van der Waals surface area contributed by atoms with Gasteiger partial charge in [0.2, 0.25) is 0 Å². The fourth-order valence-corrected chi connectivity index (χ4v) is 1.35. The third-order valence-corrected chi connectivity index (χ3v) is 2.07. The van der Waals surface area contributed by atoms with Crippen molar-refractivity contribution < 1.29 is 4.74 Å². The second-order valence-electron chi connectivity index (χ2n) is 3.13. The first kappa shape index (κ1) is 9.98. The molecule has 0 aliphatic heterocycles. The molecule has 2 aromatic rings. The van der Waals surface area contributed by atoms with E-state index < -0.39 is 0 Å². The van der Waals surface area contributed by atoms with E-state index in [1.165, 1.54) is 0 Å². The number of aryl methyl sites for hydroxylation is 1. The van der Waals surface area contributed by atoms with E-state index in [9.17, 15) is 0 Å². The quantitative estimate of drug-likeness (QED) is 0.748. The Kier molecular flexibility index (Phi) is 2.87. The van der Waals surface area contributed by atoms with E-state index in [0.29, 0.717) is 17.5 Å². The van der Waals surface area contributed by atoms with E-state index in [-0.39, 0.29) is 0 Å². The molecule has 0 fully saturated rings. The Morgan fingerprint density at radius 3 is 3.07 bits per heavy atom. The van der Waals surface area contributed by atoms with Gasteiger partial charge in [0.25, 0.3) is 0 Å². The van der Waals surface area contributed by atoms with E-state index in [0.717, 1.165) is 5.56 Å². The van der Waals surface area contributed by atoms with Crippen molar-refractivity contribution in [3.63, 3.8) is 0 Å². The molecule has 0 radical (unpaired) electrons. The number of rotatable bonds is 3. The third-order valence-electron chi connectivity index (χ3n) is 1.86. The maximum absolute atomic E-state index is 5.72. The highest BCUT2D eigenvalue weighted by atomic mass is 35.5. The Labute approximate surface area is 92.5 Å². The highest BCUT2D eigenvalue weighted by Gasteiger charge is 1.99. The van der Waals surface area contributed by atoms with Crippen molar-refractivity contribution >= 4 is 11.6 Å². The standard InChI is InChI=1S/C10H10ClN3O/c1-14-6-8(5-13-14)7-15-9-2-3-12-10(11)4-9/h2-6H,7H2,1H3. The molecule has 0 N–H and O–H groups in total. The largest absolute Gasteiger partial charge is 0.489 e. The van der Waals surface area contributed by atoms with E-state index in [1.54, 1.807) is 29.2 Å². The minimum atomic E-state index is 0.429. The number of nitrogens with zero attached hydrogens (tertiary/aromatic N) is 3. The summed E-state index contributed by atoms with van der Waals surface area (Å²) >= 11 is 5.72. The molecular formula is C10H10ClN3O. The number of halogens is 1. The highest BCUT2D eigenvalue weighted by Crippen LogP contribution is 2.15. The van der Waals surface area contributed by atoms with Crippen LogP contribution in [0, 0.1) is 0 Å². The summed E-state index contributed by atoms with van der Waals surface area (Å²) in [7, 11) is 1.87. The van der Waals surface area contributed by atoms with Crippen molar-refractivity contribution in [1.29, 1.82) is 0 Å². The number of aromatic nitrogens is 3. The Morgan fingerprint density at radius 2 is 2.40 bits per heavy atom. The van der Waals surface area contributed by atoms with Crippen LogP contribution in [0.25, 0.3) is 0 Å². The third kappa shape index (κ3) is 2.70. The molecule has 0 aliphatic rings. The van der Waals surface area contributed by atoms with Crippen molar-refractivity contribution in [3.8, 4) is 5.75 Å². The molecule has 0 atom stereocenters. The first-order valence-corrected chi connectivity index (χ1v) is 4.84. The molecule has 78 valence electrons. The zero-order valence-electron chi connectivity index (χ0n) is 8.22. The molecule has 2 aromatic heterocycles. The maximum Gasteiger partial charge on any atom is 0.132 e. The second kappa shape index (κ2) is 4.31. The van der Waals surface area contributed by atoms with Gasteiger partial charge in [-0.05, 0) is 6.07 Å². The summed E-state index contributed by atoms with van der Waals surface area (Å²) in [5.74, 6) is 0.707. The van der Waals surface area contributed by atoms with Crippen molar-refractivity contribution in [1.82, 2.24) is 14.8 Å². The lowest BCUT2D eigenvalue weighted by Gasteiger charge is -2.03. The van der Waals surface area contributed by atoms with Gasteiger partial charge in [-0.25, -0.2) is 4.98 Å². The van der Waals surface area contributed by atoms with E-state index >= 15 is 0 Å². The summed E-state index contributed by atoms with van der Waals surface area (Å²) in [5, 5.41) is 4.47. The average Bonchev–Trinajstić information content (AvgIpc) is 2.62. The maximum atomic E-state index is 5.72. The molecule has 2 heterocycles. The first-order chi connectivity index (χ1) is 7.24. The van der Waals surface area contributed by atoms with Crippen LogP contribution in [0.15, 0.2) is 30.7 Å². The molecule has 0 saturated heterocycles. The fraction of sp³-hybridized carbons (Fsp3) is 0.200. The van der Waals surface area contributed by atoms with Crippen LogP contribution in [0.2, 0.25) is 5.15 Å². The number of ether oxygens (including phenoxy) is 1. The molecule has 0 aliphatic carbocycles. The molecule has 4 nitrogen and oxygen atoms in total. The van der Waals surface area contributed by atoms with Gasteiger partial charge in [0, 0.05) is 31.1 Å². The van der Waals surface area contributed by atoms with E-state index in [1.807, 2.05) is 13.2 Å². The predicted octanol–water partition coefficient (Wildman–Crippen LogP) is 2.05. The van der Waals surface area contributed by atoms with E-state index in [4.69, 9.17) is 16.3 Å². The van der Waals surface area contributed by atoms with Gasteiger partial charge < -0.3 is 4.74 Å². The lowest BCUT2D eigenvalue weighted by atomic mass is 10.4. The molecule has 0 unspecified atom stereocenters. The van der Waals surface area contributed by atoms with Gasteiger partial charge in [0.05, 0.1) is 6.20 Å². The first-order valence-electron chi connectivity index (χ1n) is 4.46. The van der Waals surface area contributed by atoms with Crippen LogP contribution in [0.1, 0.15) is 5.56 Å². The lowest BCUT2D eigenvalue weighted by Crippen LogP contribution is -1.94. The van der Waals surface area contributed by atoms with Gasteiger partial charge in [-0.1, -0.05) is 11.6 Å². The molecule has 2 rings (SSSR count). The summed E-state index contributed by atoms with van der Waals surface area (Å²) in [5.41, 5.74) is 1.02. The molecule has 0 aromatic carbocycles. The molecule has 0 amide bonds.